The van der Waals surface area contributed by atoms with Crippen LogP contribution in [-0.4, -0.2) is 4.92 Å². The minimum atomic E-state index is -0.513. The summed E-state index contributed by atoms with van der Waals surface area (Å²) in [6.07, 6.45) is 1.15. The van der Waals surface area contributed by atoms with Gasteiger partial charge in [-0.2, -0.15) is 10.5 Å². The van der Waals surface area contributed by atoms with Gasteiger partial charge in [-0.3, -0.25) is 10.1 Å². The lowest BCUT2D eigenvalue weighted by Crippen LogP contribution is -1.98. The van der Waals surface area contributed by atoms with Crippen LogP contribution in [0.1, 0.15) is 11.1 Å². The molecule has 18 heavy (non-hydrogen) atoms. The van der Waals surface area contributed by atoms with Gasteiger partial charge >= 0.3 is 0 Å². The SMILES string of the molecule is Cc1cc(NC=C(C#N)C#N)c([N+](=O)[O-])cc1C. The Morgan fingerprint density at radius 1 is 1.33 bits per heavy atom. The maximum Gasteiger partial charge on any atom is 0.292 e. The molecule has 0 unspecified atom stereocenters. The average Bonchev–Trinajstić information content (AvgIpc) is 2.34. The molecule has 0 fully saturated rings. The molecule has 0 saturated carbocycles. The molecule has 0 radical (unpaired) electrons. The monoisotopic (exact) mass is 242 g/mol. The molecular formula is C12H10N4O2. The van der Waals surface area contributed by atoms with Crippen LogP contribution in [0.2, 0.25) is 0 Å². The van der Waals surface area contributed by atoms with Crippen molar-refractivity contribution in [1.82, 2.24) is 0 Å². The summed E-state index contributed by atoms with van der Waals surface area (Å²) in [4.78, 5) is 10.4. The van der Waals surface area contributed by atoms with E-state index in [2.05, 4.69) is 5.32 Å². The summed E-state index contributed by atoms with van der Waals surface area (Å²) in [7, 11) is 0. The number of rotatable bonds is 3. The lowest BCUT2D eigenvalue weighted by Gasteiger charge is -2.06. The molecule has 1 aromatic carbocycles. The molecule has 90 valence electrons. The van der Waals surface area contributed by atoms with Gasteiger partial charge in [0.1, 0.15) is 23.4 Å². The third kappa shape index (κ3) is 2.83. The number of aryl methyl sites for hydroxylation is 2. The first-order valence-electron chi connectivity index (χ1n) is 5.02. The second-order valence-electron chi connectivity index (χ2n) is 3.64. The molecule has 0 spiro atoms. The van der Waals surface area contributed by atoms with E-state index in [1.807, 2.05) is 6.92 Å². The Labute approximate surface area is 104 Å². The van der Waals surface area contributed by atoms with Crippen LogP contribution >= 0.6 is 0 Å². The third-order valence-electron chi connectivity index (χ3n) is 2.42. The number of allylic oxidation sites excluding steroid dienone is 1. The van der Waals surface area contributed by atoms with Crippen LogP contribution in [0.15, 0.2) is 23.9 Å². The van der Waals surface area contributed by atoms with Crippen molar-refractivity contribution in [2.75, 3.05) is 5.32 Å². The molecule has 1 N–H and O–H groups in total. The molecule has 0 aromatic heterocycles. The van der Waals surface area contributed by atoms with Gasteiger partial charge in [0.25, 0.3) is 5.69 Å². The van der Waals surface area contributed by atoms with Crippen LogP contribution in [0.25, 0.3) is 0 Å². The molecule has 0 atom stereocenters. The summed E-state index contributed by atoms with van der Waals surface area (Å²) in [5.41, 5.74) is 1.70. The number of nitriles is 2. The number of hydrogen-bond acceptors (Lipinski definition) is 5. The van der Waals surface area contributed by atoms with Crippen LogP contribution in [0.4, 0.5) is 11.4 Å². The van der Waals surface area contributed by atoms with E-state index in [1.165, 1.54) is 6.07 Å². The van der Waals surface area contributed by atoms with Gasteiger partial charge in [0.15, 0.2) is 0 Å². The summed E-state index contributed by atoms with van der Waals surface area (Å²) in [5.74, 6) is 0. The van der Waals surface area contributed by atoms with Gasteiger partial charge < -0.3 is 5.32 Å². The molecule has 0 aliphatic rings. The molecule has 1 rings (SSSR count). The van der Waals surface area contributed by atoms with Crippen molar-refractivity contribution in [2.24, 2.45) is 0 Å². The Morgan fingerprint density at radius 3 is 2.39 bits per heavy atom. The molecular weight excluding hydrogens is 232 g/mol. The van der Waals surface area contributed by atoms with E-state index in [4.69, 9.17) is 10.5 Å². The van der Waals surface area contributed by atoms with Crippen molar-refractivity contribution in [1.29, 1.82) is 10.5 Å². The lowest BCUT2D eigenvalue weighted by atomic mass is 10.1. The fourth-order valence-electron chi connectivity index (χ4n) is 1.31. The summed E-state index contributed by atoms with van der Waals surface area (Å²) in [5, 5.41) is 30.6. The first kappa shape index (κ1) is 13.2. The Kier molecular flexibility index (Phi) is 4.01. The van der Waals surface area contributed by atoms with Gasteiger partial charge in [0, 0.05) is 12.3 Å². The minimum Gasteiger partial charge on any atom is -0.354 e. The third-order valence-corrected chi connectivity index (χ3v) is 2.42. The molecule has 0 aliphatic heterocycles. The first-order valence-corrected chi connectivity index (χ1v) is 5.02. The Hall–Kier alpha value is -2.86. The van der Waals surface area contributed by atoms with Gasteiger partial charge in [-0.1, -0.05) is 0 Å². The number of nitro benzene ring substituents is 1. The zero-order valence-electron chi connectivity index (χ0n) is 9.89. The Balaban J connectivity index is 3.21. The highest BCUT2D eigenvalue weighted by Gasteiger charge is 2.14. The van der Waals surface area contributed by atoms with E-state index in [0.717, 1.165) is 17.3 Å². The van der Waals surface area contributed by atoms with Crippen molar-refractivity contribution in [2.45, 2.75) is 13.8 Å². The molecule has 0 aliphatic carbocycles. The molecule has 1 aromatic rings. The zero-order valence-corrected chi connectivity index (χ0v) is 9.89. The number of nitrogens with zero attached hydrogens (tertiary/aromatic N) is 3. The molecule has 0 saturated heterocycles. The van der Waals surface area contributed by atoms with Gasteiger partial charge in [-0.05, 0) is 31.0 Å². The number of nitrogens with one attached hydrogen (secondary N) is 1. The zero-order chi connectivity index (χ0) is 13.7. The largest absolute Gasteiger partial charge is 0.354 e. The molecule has 6 heteroatoms. The van der Waals surface area contributed by atoms with E-state index in [-0.39, 0.29) is 16.9 Å². The normalized spacial score (nSPS) is 8.89. The van der Waals surface area contributed by atoms with Crippen LogP contribution in [0, 0.1) is 46.6 Å². The first-order chi connectivity index (χ1) is 8.49. The number of hydrogen-bond donors (Lipinski definition) is 1. The van der Waals surface area contributed by atoms with Crippen molar-refractivity contribution < 1.29 is 4.92 Å². The minimum absolute atomic E-state index is 0.0930. The second kappa shape index (κ2) is 5.46. The number of benzene rings is 1. The van der Waals surface area contributed by atoms with Gasteiger partial charge in [0.05, 0.1) is 4.92 Å². The van der Waals surface area contributed by atoms with Gasteiger partial charge in [-0.15, -0.1) is 0 Å². The standard InChI is InChI=1S/C12H10N4O2/c1-8-3-11(15-7-10(5-13)6-14)12(16(17)18)4-9(8)2/h3-4,7,15H,1-2H3. The highest BCUT2D eigenvalue weighted by molar-refractivity contribution is 5.66. The number of nitro groups is 1. The summed E-state index contributed by atoms with van der Waals surface area (Å²) in [6.45, 7) is 3.60. The van der Waals surface area contributed by atoms with E-state index >= 15 is 0 Å². The van der Waals surface area contributed by atoms with Crippen LogP contribution < -0.4 is 5.32 Å². The van der Waals surface area contributed by atoms with Crippen molar-refractivity contribution in [3.05, 3.63) is 45.1 Å². The summed E-state index contributed by atoms with van der Waals surface area (Å²) < 4.78 is 0. The predicted molar refractivity (Wildman–Crippen MR) is 65.5 cm³/mol. The quantitative estimate of drug-likeness (QED) is 0.498. The topological polar surface area (TPSA) is 103 Å². The molecule has 0 bridgehead atoms. The highest BCUT2D eigenvalue weighted by Crippen LogP contribution is 2.27. The van der Waals surface area contributed by atoms with Crippen LogP contribution in [-0.2, 0) is 0 Å². The lowest BCUT2D eigenvalue weighted by molar-refractivity contribution is -0.384. The van der Waals surface area contributed by atoms with Crippen molar-refractivity contribution in [3.8, 4) is 12.1 Å². The van der Waals surface area contributed by atoms with Crippen LogP contribution in [0.3, 0.4) is 0 Å². The average molecular weight is 242 g/mol. The number of anilines is 1. The molecule has 0 heterocycles. The van der Waals surface area contributed by atoms with E-state index in [9.17, 15) is 10.1 Å². The Morgan fingerprint density at radius 2 is 1.89 bits per heavy atom. The van der Waals surface area contributed by atoms with E-state index in [1.54, 1.807) is 25.1 Å². The summed E-state index contributed by atoms with van der Waals surface area (Å²) in [6, 6.07) is 6.38. The van der Waals surface area contributed by atoms with Crippen molar-refractivity contribution in [3.63, 3.8) is 0 Å². The van der Waals surface area contributed by atoms with E-state index < -0.39 is 4.92 Å². The second-order valence-corrected chi connectivity index (χ2v) is 3.64. The fraction of sp³-hybridized carbons (Fsp3) is 0.167. The maximum atomic E-state index is 10.9. The molecule has 6 nitrogen and oxygen atoms in total. The Bertz CT molecular complexity index is 590. The predicted octanol–water partition coefficient (Wildman–Crippen LogP) is 2.55. The smallest absolute Gasteiger partial charge is 0.292 e. The summed E-state index contributed by atoms with van der Waals surface area (Å²) >= 11 is 0. The van der Waals surface area contributed by atoms with Gasteiger partial charge in [0.2, 0.25) is 0 Å². The van der Waals surface area contributed by atoms with E-state index in [0.29, 0.717) is 0 Å². The fourth-order valence-corrected chi connectivity index (χ4v) is 1.31. The van der Waals surface area contributed by atoms with Crippen LogP contribution in [0.5, 0.6) is 0 Å². The highest BCUT2D eigenvalue weighted by atomic mass is 16.6. The van der Waals surface area contributed by atoms with Gasteiger partial charge in [-0.25, -0.2) is 0 Å². The maximum absolute atomic E-state index is 10.9. The van der Waals surface area contributed by atoms with Crippen molar-refractivity contribution >= 4 is 11.4 Å². The molecule has 0 amide bonds.